The maximum absolute atomic E-state index is 11.6. The van der Waals surface area contributed by atoms with Gasteiger partial charge in [0.2, 0.25) is 0 Å². The normalized spacial score (nSPS) is 13.2. The number of carboxylic acid groups (broad SMARTS) is 1. The first kappa shape index (κ1) is 17.2. The third kappa shape index (κ3) is 2.95. The van der Waals surface area contributed by atoms with Crippen LogP contribution in [0.3, 0.4) is 0 Å². The highest BCUT2D eigenvalue weighted by atomic mass is 16.6. The van der Waals surface area contributed by atoms with Crippen LogP contribution in [-0.4, -0.2) is 39.1 Å². The lowest BCUT2D eigenvalue weighted by molar-refractivity contribution is 0.0698. The van der Waals surface area contributed by atoms with E-state index in [1.807, 2.05) is 25.4 Å². The molecule has 0 saturated heterocycles. The van der Waals surface area contributed by atoms with Crippen molar-refractivity contribution in [1.29, 1.82) is 0 Å². The highest BCUT2D eigenvalue weighted by Gasteiger charge is 2.25. The van der Waals surface area contributed by atoms with Crippen LogP contribution >= 0.6 is 0 Å². The summed E-state index contributed by atoms with van der Waals surface area (Å²) in [7, 11) is 1.89. The summed E-state index contributed by atoms with van der Waals surface area (Å²) in [5, 5.41) is 14.1. The first-order valence-electron chi connectivity index (χ1n) is 8.83. The molecule has 2 N–H and O–H groups in total. The summed E-state index contributed by atoms with van der Waals surface area (Å²) in [6.45, 7) is 5.11. The molecular formula is C20H21N3O4. The SMILES string of the molecule is CC(C)c1nn(C)cc1-c1cc(-c2c[nH]cc2C(=O)O)cc2c1OCCO2. The quantitative estimate of drug-likeness (QED) is 0.734. The van der Waals surface area contributed by atoms with E-state index in [0.717, 1.165) is 22.4 Å². The topological polar surface area (TPSA) is 89.4 Å². The Morgan fingerprint density at radius 3 is 2.70 bits per heavy atom. The van der Waals surface area contributed by atoms with Gasteiger partial charge in [-0.15, -0.1) is 0 Å². The van der Waals surface area contributed by atoms with E-state index in [1.165, 1.54) is 6.20 Å². The number of H-pyrrole nitrogens is 1. The Morgan fingerprint density at radius 2 is 1.96 bits per heavy atom. The zero-order valence-electron chi connectivity index (χ0n) is 15.4. The average molecular weight is 367 g/mol. The van der Waals surface area contributed by atoms with Crippen LogP contribution in [0.1, 0.15) is 35.8 Å². The summed E-state index contributed by atoms with van der Waals surface area (Å²) in [6, 6.07) is 3.78. The van der Waals surface area contributed by atoms with Gasteiger partial charge in [0.15, 0.2) is 11.5 Å². The summed E-state index contributed by atoms with van der Waals surface area (Å²) < 4.78 is 13.5. The van der Waals surface area contributed by atoms with E-state index in [4.69, 9.17) is 9.47 Å². The number of benzene rings is 1. The number of aryl methyl sites for hydroxylation is 1. The fraction of sp³-hybridized carbons (Fsp3) is 0.300. The van der Waals surface area contributed by atoms with Gasteiger partial charge in [-0.2, -0.15) is 5.10 Å². The number of aromatic amines is 1. The van der Waals surface area contributed by atoms with Gasteiger partial charge < -0.3 is 19.6 Å². The zero-order chi connectivity index (χ0) is 19.1. The van der Waals surface area contributed by atoms with Gasteiger partial charge in [0.25, 0.3) is 0 Å². The number of nitrogens with one attached hydrogen (secondary N) is 1. The summed E-state index contributed by atoms with van der Waals surface area (Å²) >= 11 is 0. The molecule has 3 aromatic rings. The number of hydrogen-bond acceptors (Lipinski definition) is 4. The first-order chi connectivity index (χ1) is 13.0. The largest absolute Gasteiger partial charge is 0.486 e. The Bertz CT molecular complexity index is 1020. The number of hydrogen-bond donors (Lipinski definition) is 2. The lowest BCUT2D eigenvalue weighted by Crippen LogP contribution is -2.16. The van der Waals surface area contributed by atoms with E-state index in [9.17, 15) is 9.90 Å². The van der Waals surface area contributed by atoms with E-state index in [2.05, 4.69) is 23.9 Å². The molecule has 7 heteroatoms. The molecule has 0 bridgehead atoms. The minimum Gasteiger partial charge on any atom is -0.486 e. The summed E-state index contributed by atoms with van der Waals surface area (Å²) in [6.07, 6.45) is 5.13. The fourth-order valence-electron chi connectivity index (χ4n) is 3.43. The number of aromatic nitrogens is 3. The van der Waals surface area contributed by atoms with Gasteiger partial charge in [-0.1, -0.05) is 13.8 Å². The van der Waals surface area contributed by atoms with Crippen LogP contribution < -0.4 is 9.47 Å². The lowest BCUT2D eigenvalue weighted by Gasteiger charge is -2.22. The number of carbonyl (C=O) groups is 1. The van der Waals surface area contributed by atoms with Gasteiger partial charge in [-0.05, 0) is 23.6 Å². The van der Waals surface area contributed by atoms with Gasteiger partial charge in [-0.3, -0.25) is 4.68 Å². The van der Waals surface area contributed by atoms with E-state index in [0.29, 0.717) is 30.3 Å². The van der Waals surface area contributed by atoms with Gasteiger partial charge in [0.05, 0.1) is 11.3 Å². The number of carboxylic acids is 1. The predicted molar refractivity (Wildman–Crippen MR) is 100 cm³/mol. The molecule has 1 aromatic carbocycles. The molecule has 0 unspecified atom stereocenters. The highest BCUT2D eigenvalue weighted by Crippen LogP contribution is 2.45. The molecule has 1 aliphatic rings. The van der Waals surface area contributed by atoms with Crippen molar-refractivity contribution in [1.82, 2.24) is 14.8 Å². The second-order valence-corrected chi connectivity index (χ2v) is 6.89. The summed E-state index contributed by atoms with van der Waals surface area (Å²) in [5.74, 6) is 0.538. The second-order valence-electron chi connectivity index (χ2n) is 6.89. The number of rotatable bonds is 4. The monoisotopic (exact) mass is 367 g/mol. The number of aromatic carboxylic acids is 1. The van der Waals surface area contributed by atoms with Crippen LogP contribution in [0.15, 0.2) is 30.7 Å². The van der Waals surface area contributed by atoms with Gasteiger partial charge in [0, 0.05) is 42.3 Å². The molecule has 3 heterocycles. The molecule has 2 aromatic heterocycles. The van der Waals surface area contributed by atoms with Crippen molar-refractivity contribution in [2.24, 2.45) is 7.05 Å². The molecule has 0 atom stereocenters. The van der Waals surface area contributed by atoms with Crippen molar-refractivity contribution in [2.75, 3.05) is 13.2 Å². The van der Waals surface area contributed by atoms with Crippen LogP contribution in [0.25, 0.3) is 22.3 Å². The van der Waals surface area contributed by atoms with Crippen LogP contribution in [0, 0.1) is 0 Å². The summed E-state index contributed by atoms with van der Waals surface area (Å²) in [4.78, 5) is 14.4. The smallest absolute Gasteiger partial charge is 0.337 e. The Hall–Kier alpha value is -3.22. The van der Waals surface area contributed by atoms with Crippen LogP contribution in [0.2, 0.25) is 0 Å². The Balaban J connectivity index is 1.96. The number of fused-ring (bicyclic) bond motifs is 1. The molecule has 0 saturated carbocycles. The molecule has 0 spiro atoms. The molecule has 0 fully saturated rings. The molecule has 7 nitrogen and oxygen atoms in total. The zero-order valence-corrected chi connectivity index (χ0v) is 15.4. The van der Waals surface area contributed by atoms with Gasteiger partial charge in [0.1, 0.15) is 13.2 Å². The number of nitrogens with zero attached hydrogens (tertiary/aromatic N) is 2. The van der Waals surface area contributed by atoms with Crippen molar-refractivity contribution in [3.8, 4) is 33.8 Å². The molecule has 0 amide bonds. The molecule has 140 valence electrons. The van der Waals surface area contributed by atoms with Crippen molar-refractivity contribution in [3.63, 3.8) is 0 Å². The summed E-state index contributed by atoms with van der Waals surface area (Å²) in [5.41, 5.74) is 4.36. The molecule has 0 radical (unpaired) electrons. The van der Waals surface area contributed by atoms with Crippen molar-refractivity contribution in [2.45, 2.75) is 19.8 Å². The van der Waals surface area contributed by atoms with E-state index in [1.54, 1.807) is 10.9 Å². The standard InChI is InChI=1S/C20H21N3O4/c1-11(2)18-16(10-23(3)22-18)13-6-12(7-17-19(13)27-5-4-26-17)14-8-21-9-15(14)20(24)25/h6-11,21H,4-5H2,1-3H3,(H,24,25). The van der Waals surface area contributed by atoms with E-state index < -0.39 is 5.97 Å². The molecule has 0 aliphatic carbocycles. The van der Waals surface area contributed by atoms with Crippen LogP contribution in [0.5, 0.6) is 11.5 Å². The molecule has 4 rings (SSSR count). The molecule has 27 heavy (non-hydrogen) atoms. The molecule has 1 aliphatic heterocycles. The Labute approximate surface area is 156 Å². The predicted octanol–water partition coefficient (Wildman–Crippen LogP) is 3.68. The maximum Gasteiger partial charge on any atom is 0.337 e. The Kier molecular flexibility index (Phi) is 4.14. The van der Waals surface area contributed by atoms with Crippen molar-refractivity contribution < 1.29 is 19.4 Å². The minimum atomic E-state index is -0.980. The van der Waals surface area contributed by atoms with Gasteiger partial charge >= 0.3 is 5.97 Å². The van der Waals surface area contributed by atoms with Crippen LogP contribution in [0.4, 0.5) is 0 Å². The van der Waals surface area contributed by atoms with E-state index in [-0.39, 0.29) is 11.5 Å². The Morgan fingerprint density at radius 1 is 1.19 bits per heavy atom. The lowest BCUT2D eigenvalue weighted by atomic mass is 9.94. The minimum absolute atomic E-state index is 0.216. The third-order valence-corrected chi connectivity index (χ3v) is 4.62. The average Bonchev–Trinajstić information content (AvgIpc) is 3.27. The second kappa shape index (κ2) is 6.50. The fourth-order valence-corrected chi connectivity index (χ4v) is 3.43. The van der Waals surface area contributed by atoms with Gasteiger partial charge in [-0.25, -0.2) is 4.79 Å². The van der Waals surface area contributed by atoms with Crippen LogP contribution in [-0.2, 0) is 7.05 Å². The molecular weight excluding hydrogens is 346 g/mol. The van der Waals surface area contributed by atoms with E-state index >= 15 is 0 Å². The number of ether oxygens (including phenoxy) is 2. The highest BCUT2D eigenvalue weighted by molar-refractivity contribution is 5.97. The van der Waals surface area contributed by atoms with Crippen molar-refractivity contribution in [3.05, 3.63) is 42.0 Å². The third-order valence-electron chi connectivity index (χ3n) is 4.62. The first-order valence-corrected chi connectivity index (χ1v) is 8.83. The van der Waals surface area contributed by atoms with Crippen molar-refractivity contribution >= 4 is 5.97 Å². The maximum atomic E-state index is 11.6.